The summed E-state index contributed by atoms with van der Waals surface area (Å²) in [5.41, 5.74) is 3.42. The first kappa shape index (κ1) is 16.4. The molecule has 25 heavy (non-hydrogen) atoms. The van der Waals surface area contributed by atoms with Gasteiger partial charge in [-0.05, 0) is 30.9 Å². The van der Waals surface area contributed by atoms with Gasteiger partial charge in [-0.15, -0.1) is 11.8 Å². The number of benzene rings is 2. The molecular formula is C20H20N2O2S. The van der Waals surface area contributed by atoms with Crippen LogP contribution in [0.25, 0.3) is 0 Å². The molecule has 1 amide bonds. The zero-order valence-electron chi connectivity index (χ0n) is 14.5. The number of carbonyl (C=O) groups excluding carboxylic acids is 1. The van der Waals surface area contributed by atoms with Crippen LogP contribution in [0.5, 0.6) is 0 Å². The van der Waals surface area contributed by atoms with Crippen molar-refractivity contribution in [2.75, 3.05) is 18.3 Å². The summed E-state index contributed by atoms with van der Waals surface area (Å²) in [6, 6.07) is 16.2. The van der Waals surface area contributed by atoms with E-state index in [-0.39, 0.29) is 5.91 Å². The van der Waals surface area contributed by atoms with Crippen molar-refractivity contribution in [3.63, 3.8) is 0 Å². The lowest BCUT2D eigenvalue weighted by Crippen LogP contribution is -2.73. The number of thioether (sulfide) groups is 1. The molecular weight excluding hydrogens is 332 g/mol. The van der Waals surface area contributed by atoms with E-state index in [0.717, 1.165) is 22.0 Å². The van der Waals surface area contributed by atoms with Crippen molar-refractivity contribution in [1.29, 1.82) is 0 Å². The van der Waals surface area contributed by atoms with Gasteiger partial charge >= 0.3 is 0 Å². The lowest BCUT2D eigenvalue weighted by molar-refractivity contribution is -0.147. The summed E-state index contributed by atoms with van der Waals surface area (Å²) in [4.78, 5) is 19.6. The number of anilines is 1. The van der Waals surface area contributed by atoms with Crippen molar-refractivity contribution in [2.45, 2.75) is 25.0 Å². The number of carbonyl (C=O) groups is 1. The smallest absolute Gasteiger partial charge is 0.259 e. The maximum absolute atomic E-state index is 12.9. The highest BCUT2D eigenvalue weighted by Crippen LogP contribution is 2.53. The van der Waals surface area contributed by atoms with Crippen LogP contribution in [0.1, 0.15) is 17.5 Å². The van der Waals surface area contributed by atoms with Gasteiger partial charge in [-0.3, -0.25) is 9.69 Å². The third kappa shape index (κ3) is 2.26. The minimum absolute atomic E-state index is 0.00641. The fourth-order valence-electron chi connectivity index (χ4n) is 3.87. The highest BCUT2D eigenvalue weighted by Gasteiger charge is 2.63. The molecule has 0 radical (unpaired) electrons. The zero-order valence-corrected chi connectivity index (χ0v) is 15.3. The Morgan fingerprint density at radius 2 is 1.92 bits per heavy atom. The van der Waals surface area contributed by atoms with Crippen molar-refractivity contribution in [3.8, 4) is 0 Å². The van der Waals surface area contributed by atoms with Crippen molar-refractivity contribution in [3.05, 3.63) is 59.7 Å². The average Bonchev–Trinajstić information content (AvgIpc) is 2.75. The number of β-lactam (4-membered cyclic amide) rings is 1. The Kier molecular flexibility index (Phi) is 3.93. The molecule has 2 atom stereocenters. The van der Waals surface area contributed by atoms with Crippen molar-refractivity contribution < 1.29 is 9.53 Å². The van der Waals surface area contributed by atoms with E-state index in [4.69, 9.17) is 9.73 Å². The molecule has 128 valence electrons. The van der Waals surface area contributed by atoms with Crippen LogP contribution in [0.2, 0.25) is 0 Å². The molecule has 0 N–H and O–H groups in total. The molecule has 0 spiro atoms. The molecule has 0 aliphatic carbocycles. The molecule has 2 aromatic rings. The maximum atomic E-state index is 12.9. The Morgan fingerprint density at radius 3 is 2.60 bits per heavy atom. The second-order valence-corrected chi connectivity index (χ2v) is 7.33. The second kappa shape index (κ2) is 6.00. The van der Waals surface area contributed by atoms with Crippen LogP contribution in [0.15, 0.2) is 53.5 Å². The van der Waals surface area contributed by atoms with Gasteiger partial charge in [0.1, 0.15) is 5.54 Å². The monoisotopic (exact) mass is 352 g/mol. The van der Waals surface area contributed by atoms with Crippen LogP contribution >= 0.6 is 11.8 Å². The molecule has 0 aromatic heterocycles. The summed E-state index contributed by atoms with van der Waals surface area (Å²) in [6.07, 6.45) is 2.18. The van der Waals surface area contributed by atoms with Crippen LogP contribution < -0.4 is 4.90 Å². The number of nitrogens with zero attached hydrogens (tertiary/aromatic N) is 2. The third-order valence-electron chi connectivity index (χ3n) is 5.09. The average molecular weight is 352 g/mol. The third-order valence-corrected chi connectivity index (χ3v) is 5.80. The zero-order chi connectivity index (χ0) is 17.6. The molecule has 2 heterocycles. The van der Waals surface area contributed by atoms with E-state index in [1.165, 1.54) is 5.56 Å². The van der Waals surface area contributed by atoms with Gasteiger partial charge in [0.25, 0.3) is 5.91 Å². The van der Waals surface area contributed by atoms with Gasteiger partial charge in [-0.25, -0.2) is 4.99 Å². The first-order chi connectivity index (χ1) is 12.1. The summed E-state index contributed by atoms with van der Waals surface area (Å²) in [5.74, 6) is -0.00641. The molecule has 4 nitrogen and oxygen atoms in total. The Morgan fingerprint density at radius 1 is 1.20 bits per heavy atom. The highest BCUT2D eigenvalue weighted by atomic mass is 32.2. The normalized spacial score (nSPS) is 24.8. The van der Waals surface area contributed by atoms with E-state index < -0.39 is 11.6 Å². The number of hydrogen-bond donors (Lipinski definition) is 0. The number of para-hydroxylation sites is 2. The first-order valence-electron chi connectivity index (χ1n) is 8.26. The predicted octanol–water partition coefficient (Wildman–Crippen LogP) is 4.05. The van der Waals surface area contributed by atoms with Crippen molar-refractivity contribution >= 4 is 34.1 Å². The summed E-state index contributed by atoms with van der Waals surface area (Å²) < 4.78 is 5.66. The number of ether oxygens (including phenoxy) is 1. The Labute approximate surface area is 151 Å². The summed E-state index contributed by atoms with van der Waals surface area (Å²) in [7, 11) is 1.61. The molecule has 2 unspecified atom stereocenters. The number of methoxy groups -OCH3 is 1. The minimum Gasteiger partial charge on any atom is -0.369 e. The lowest BCUT2D eigenvalue weighted by atomic mass is 9.72. The fraction of sp³-hybridized carbons (Fsp3) is 0.300. The SMILES string of the molecule is COC1C(=O)N2c3ccccc3N=C(SC)CC12c1ccc(C)cc1. The van der Waals surface area contributed by atoms with Crippen LogP contribution in [0, 0.1) is 6.92 Å². The lowest BCUT2D eigenvalue weighted by Gasteiger charge is -2.56. The number of rotatable bonds is 2. The first-order valence-corrected chi connectivity index (χ1v) is 9.49. The quantitative estimate of drug-likeness (QED) is 0.766. The largest absolute Gasteiger partial charge is 0.369 e. The van der Waals surface area contributed by atoms with Crippen LogP contribution in [-0.4, -0.2) is 30.4 Å². The molecule has 0 bridgehead atoms. The van der Waals surface area contributed by atoms with Gasteiger partial charge in [-0.2, -0.15) is 0 Å². The van der Waals surface area contributed by atoms with Gasteiger partial charge in [0, 0.05) is 13.5 Å². The van der Waals surface area contributed by atoms with Crippen LogP contribution in [-0.2, 0) is 15.1 Å². The molecule has 5 heteroatoms. The Hall–Kier alpha value is -2.11. The van der Waals surface area contributed by atoms with E-state index in [2.05, 4.69) is 31.2 Å². The summed E-state index contributed by atoms with van der Waals surface area (Å²) in [6.45, 7) is 2.07. The number of hydrogen-bond acceptors (Lipinski definition) is 4. The van der Waals surface area contributed by atoms with E-state index in [1.807, 2.05) is 35.4 Å². The summed E-state index contributed by atoms with van der Waals surface area (Å²) in [5, 5.41) is 1.00. The van der Waals surface area contributed by atoms with Gasteiger partial charge in [0.05, 0.1) is 16.4 Å². The van der Waals surface area contributed by atoms with Gasteiger partial charge in [0.2, 0.25) is 0 Å². The van der Waals surface area contributed by atoms with Crippen LogP contribution in [0.3, 0.4) is 0 Å². The topological polar surface area (TPSA) is 41.9 Å². The predicted molar refractivity (Wildman–Crippen MR) is 103 cm³/mol. The molecule has 1 fully saturated rings. The number of fused-ring (bicyclic) bond motifs is 3. The highest BCUT2D eigenvalue weighted by molar-refractivity contribution is 8.13. The van der Waals surface area contributed by atoms with Crippen LogP contribution in [0.4, 0.5) is 11.4 Å². The molecule has 4 rings (SSSR count). The Balaban J connectivity index is 1.96. The van der Waals surface area contributed by atoms with Crippen molar-refractivity contribution in [1.82, 2.24) is 0 Å². The van der Waals surface area contributed by atoms with Gasteiger partial charge in [-0.1, -0.05) is 42.0 Å². The second-order valence-electron chi connectivity index (χ2n) is 6.45. The molecule has 2 aliphatic heterocycles. The summed E-state index contributed by atoms with van der Waals surface area (Å²) >= 11 is 1.63. The molecule has 0 saturated carbocycles. The number of aliphatic imine (C=N–C) groups is 1. The van der Waals surface area contributed by atoms with E-state index >= 15 is 0 Å². The van der Waals surface area contributed by atoms with Crippen molar-refractivity contribution in [2.24, 2.45) is 4.99 Å². The van der Waals surface area contributed by atoms with E-state index in [9.17, 15) is 4.79 Å². The standard InChI is InChI=1S/C20H20N2O2S/c1-13-8-10-14(11-9-13)20-12-17(25-3)21-15-6-4-5-7-16(15)22(20)19(23)18(20)24-2/h4-11,18H,12H2,1-3H3. The van der Waals surface area contributed by atoms with Gasteiger partial charge < -0.3 is 4.74 Å². The van der Waals surface area contributed by atoms with Gasteiger partial charge in [0.15, 0.2) is 6.10 Å². The fourth-order valence-corrected chi connectivity index (χ4v) is 4.42. The number of aryl methyl sites for hydroxylation is 1. The number of amides is 1. The van der Waals surface area contributed by atoms with E-state index in [0.29, 0.717) is 6.42 Å². The molecule has 2 aromatic carbocycles. The molecule has 2 aliphatic rings. The maximum Gasteiger partial charge on any atom is 0.259 e. The minimum atomic E-state index is -0.548. The molecule has 1 saturated heterocycles. The Bertz CT molecular complexity index is 862. The van der Waals surface area contributed by atoms with E-state index in [1.54, 1.807) is 18.9 Å².